The van der Waals surface area contributed by atoms with Gasteiger partial charge in [0.15, 0.2) is 0 Å². The Kier molecular flexibility index (Phi) is 6.11. The van der Waals surface area contributed by atoms with Crippen LogP contribution in [0.2, 0.25) is 0 Å². The van der Waals surface area contributed by atoms with Crippen molar-refractivity contribution in [2.24, 2.45) is 0 Å². The van der Waals surface area contributed by atoms with Crippen molar-refractivity contribution >= 4 is 17.8 Å². The number of benzene rings is 2. The zero-order chi connectivity index (χ0) is 19.2. The molecule has 0 aliphatic carbocycles. The fourth-order valence-electron chi connectivity index (χ4n) is 2.67. The van der Waals surface area contributed by atoms with Gasteiger partial charge in [0.1, 0.15) is 0 Å². The third kappa shape index (κ3) is 4.27. The maximum absolute atomic E-state index is 11.9. The van der Waals surface area contributed by atoms with Crippen molar-refractivity contribution in [2.45, 2.75) is 31.7 Å². The highest BCUT2D eigenvalue weighted by Gasteiger charge is 2.48. The highest BCUT2D eigenvalue weighted by atomic mass is 16.4. The van der Waals surface area contributed by atoms with E-state index >= 15 is 0 Å². The Labute approximate surface area is 151 Å². The first kappa shape index (κ1) is 19.2. The number of hydrogen-bond donors (Lipinski definition) is 3. The van der Waals surface area contributed by atoms with Crippen molar-refractivity contribution in [3.05, 3.63) is 60.2 Å². The van der Waals surface area contributed by atoms with Gasteiger partial charge in [0.25, 0.3) is 0 Å². The van der Waals surface area contributed by atoms with E-state index in [1.807, 2.05) is 30.3 Å². The number of hydrogen-bond acceptors (Lipinski definition) is 3. The molecule has 2 aromatic carbocycles. The van der Waals surface area contributed by atoms with E-state index in [0.717, 1.165) is 11.1 Å². The molecule has 0 atom stereocenters. The van der Waals surface area contributed by atoms with Crippen LogP contribution in [0.5, 0.6) is 0 Å². The van der Waals surface area contributed by atoms with Crippen LogP contribution in [0.4, 0.5) is 0 Å². The van der Waals surface area contributed by atoms with Gasteiger partial charge < -0.3 is 15.5 Å². The molecule has 0 aliphatic heterocycles. The average Bonchev–Trinajstić information content (AvgIpc) is 2.62. The largest absolute Gasteiger partial charge is 0.479 e. The Hall–Kier alpha value is -3.15. The molecule has 2 rings (SSSR count). The average molecular weight is 355 g/mol. The fraction of sp³-hybridized carbons (Fsp3) is 0.250. The molecule has 6 nitrogen and oxygen atoms in total. The Morgan fingerprint density at radius 3 is 1.92 bits per heavy atom. The van der Waals surface area contributed by atoms with Crippen molar-refractivity contribution in [1.29, 1.82) is 0 Å². The molecule has 0 aliphatic rings. The van der Waals surface area contributed by atoms with Crippen LogP contribution in [0, 0.1) is 0 Å². The number of amides is 1. The standard InChI is InChI=1S/C20H21NO5/c1-2-6-17(22)21-20(18(23)24,19(25)26)13-14-9-11-16(12-10-14)15-7-4-3-5-8-15/h3-5,7-12H,2,6,13H2,1H3,(H,21,22)(H,23,24)(H,25,26). The number of carbonyl (C=O) groups is 3. The molecule has 26 heavy (non-hydrogen) atoms. The lowest BCUT2D eigenvalue weighted by Gasteiger charge is -2.26. The van der Waals surface area contributed by atoms with Crippen LogP contribution in [-0.4, -0.2) is 33.6 Å². The lowest BCUT2D eigenvalue weighted by atomic mass is 9.89. The van der Waals surface area contributed by atoms with Gasteiger partial charge in [-0.25, -0.2) is 9.59 Å². The second-order valence-corrected chi connectivity index (χ2v) is 6.05. The van der Waals surface area contributed by atoms with Crippen molar-refractivity contribution in [3.63, 3.8) is 0 Å². The van der Waals surface area contributed by atoms with E-state index in [4.69, 9.17) is 0 Å². The third-order valence-corrected chi connectivity index (χ3v) is 4.09. The van der Waals surface area contributed by atoms with E-state index in [1.165, 1.54) is 0 Å². The minimum atomic E-state index is -2.39. The number of carboxylic acids is 2. The van der Waals surface area contributed by atoms with Crippen LogP contribution in [-0.2, 0) is 20.8 Å². The van der Waals surface area contributed by atoms with Gasteiger partial charge in [0.05, 0.1) is 0 Å². The molecule has 6 heteroatoms. The number of aliphatic carboxylic acids is 2. The maximum Gasteiger partial charge on any atom is 0.341 e. The predicted molar refractivity (Wildman–Crippen MR) is 96.6 cm³/mol. The molecule has 0 saturated carbocycles. The van der Waals surface area contributed by atoms with E-state index in [2.05, 4.69) is 5.32 Å². The van der Waals surface area contributed by atoms with Gasteiger partial charge >= 0.3 is 11.9 Å². The summed E-state index contributed by atoms with van der Waals surface area (Å²) in [5, 5.41) is 21.2. The van der Waals surface area contributed by atoms with Gasteiger partial charge in [-0.05, 0) is 23.1 Å². The summed E-state index contributed by atoms with van der Waals surface area (Å²) in [7, 11) is 0. The van der Waals surface area contributed by atoms with Crippen LogP contribution in [0.25, 0.3) is 11.1 Å². The second-order valence-electron chi connectivity index (χ2n) is 6.05. The van der Waals surface area contributed by atoms with Gasteiger partial charge in [-0.2, -0.15) is 0 Å². The molecule has 0 radical (unpaired) electrons. The minimum absolute atomic E-state index is 0.0647. The first-order valence-electron chi connectivity index (χ1n) is 8.31. The predicted octanol–water partition coefficient (Wildman–Crippen LogP) is 2.72. The maximum atomic E-state index is 11.9. The summed E-state index contributed by atoms with van der Waals surface area (Å²) < 4.78 is 0. The lowest BCUT2D eigenvalue weighted by molar-refractivity contribution is -0.161. The Morgan fingerprint density at radius 2 is 1.42 bits per heavy atom. The monoisotopic (exact) mass is 355 g/mol. The molecule has 0 spiro atoms. The molecule has 0 aromatic heterocycles. The highest BCUT2D eigenvalue weighted by molar-refractivity contribution is 6.06. The first-order valence-corrected chi connectivity index (χ1v) is 8.31. The molecule has 2 aromatic rings. The zero-order valence-corrected chi connectivity index (χ0v) is 14.4. The third-order valence-electron chi connectivity index (χ3n) is 4.09. The van der Waals surface area contributed by atoms with Crippen LogP contribution >= 0.6 is 0 Å². The zero-order valence-electron chi connectivity index (χ0n) is 14.4. The Bertz CT molecular complexity index is 770. The van der Waals surface area contributed by atoms with Gasteiger partial charge in [-0.1, -0.05) is 61.5 Å². The molecule has 0 fully saturated rings. The summed E-state index contributed by atoms with van der Waals surface area (Å²) in [4.78, 5) is 35.3. The van der Waals surface area contributed by atoms with Crippen molar-refractivity contribution in [2.75, 3.05) is 0 Å². The van der Waals surface area contributed by atoms with Crippen LogP contribution in [0.3, 0.4) is 0 Å². The second kappa shape index (κ2) is 8.29. The summed E-state index contributed by atoms with van der Waals surface area (Å²) >= 11 is 0. The minimum Gasteiger partial charge on any atom is -0.479 e. The van der Waals surface area contributed by atoms with E-state index in [1.54, 1.807) is 31.2 Å². The Balaban J connectivity index is 2.29. The number of rotatable bonds is 8. The molecule has 3 N–H and O–H groups in total. The van der Waals surface area contributed by atoms with Crippen molar-refractivity contribution < 1.29 is 24.6 Å². The first-order chi connectivity index (χ1) is 12.4. The summed E-state index contributed by atoms with van der Waals surface area (Å²) in [6.07, 6.45) is 0.213. The molecule has 0 unspecified atom stereocenters. The van der Waals surface area contributed by atoms with Gasteiger partial charge in [0, 0.05) is 12.8 Å². The molecular weight excluding hydrogens is 334 g/mol. The van der Waals surface area contributed by atoms with Gasteiger partial charge in [-0.3, -0.25) is 4.79 Å². The number of carbonyl (C=O) groups excluding carboxylic acids is 1. The van der Waals surface area contributed by atoms with E-state index in [9.17, 15) is 24.6 Å². The molecule has 0 saturated heterocycles. The highest BCUT2D eigenvalue weighted by Crippen LogP contribution is 2.22. The molecule has 0 bridgehead atoms. The van der Waals surface area contributed by atoms with Crippen LogP contribution in [0.15, 0.2) is 54.6 Å². The molecule has 136 valence electrons. The summed E-state index contributed by atoms with van der Waals surface area (Å²) in [5.41, 5.74) is 0.0467. The topological polar surface area (TPSA) is 104 Å². The van der Waals surface area contributed by atoms with Crippen molar-refractivity contribution in [3.8, 4) is 11.1 Å². The van der Waals surface area contributed by atoms with E-state index in [-0.39, 0.29) is 12.8 Å². The lowest BCUT2D eigenvalue weighted by Crippen LogP contribution is -2.61. The van der Waals surface area contributed by atoms with E-state index in [0.29, 0.717) is 12.0 Å². The Morgan fingerprint density at radius 1 is 0.885 bits per heavy atom. The van der Waals surface area contributed by atoms with Gasteiger partial charge in [-0.15, -0.1) is 0 Å². The van der Waals surface area contributed by atoms with Crippen LogP contribution < -0.4 is 5.32 Å². The fourth-order valence-corrected chi connectivity index (χ4v) is 2.67. The molecule has 0 heterocycles. The van der Waals surface area contributed by atoms with Gasteiger partial charge in [0.2, 0.25) is 11.4 Å². The summed E-state index contributed by atoms with van der Waals surface area (Å²) in [5.74, 6) is -3.79. The van der Waals surface area contributed by atoms with Crippen molar-refractivity contribution in [1.82, 2.24) is 5.32 Å². The SMILES string of the molecule is CCCC(=O)NC(Cc1ccc(-c2ccccc2)cc1)(C(=O)O)C(=O)O. The summed E-state index contributed by atoms with van der Waals surface area (Å²) in [6, 6.07) is 16.6. The quantitative estimate of drug-likeness (QED) is 0.632. The smallest absolute Gasteiger partial charge is 0.341 e. The number of carboxylic acid groups (broad SMARTS) is 2. The number of nitrogens with one attached hydrogen (secondary N) is 1. The molecular formula is C20H21NO5. The van der Waals surface area contributed by atoms with E-state index < -0.39 is 23.4 Å². The normalized spacial score (nSPS) is 11.0. The molecule has 1 amide bonds. The summed E-state index contributed by atoms with van der Waals surface area (Å²) in [6.45, 7) is 1.76. The van der Waals surface area contributed by atoms with Crippen LogP contribution in [0.1, 0.15) is 25.3 Å².